The van der Waals surface area contributed by atoms with Gasteiger partial charge in [-0.3, -0.25) is 4.79 Å². The SMILES string of the molecule is COc1ccc([C@@H]2C(C(=O)OC(C)(C)C)=C(C)NC3=C2C(=O)CCC3)cc1. The lowest BCUT2D eigenvalue weighted by atomic mass is 9.75. The first-order valence-electron chi connectivity index (χ1n) is 9.32. The zero-order chi connectivity index (χ0) is 19.8. The van der Waals surface area contributed by atoms with Crippen molar-refractivity contribution >= 4 is 11.8 Å². The van der Waals surface area contributed by atoms with Crippen molar-refractivity contribution in [3.05, 3.63) is 52.4 Å². The number of allylic oxidation sites excluding steroid dienone is 3. The van der Waals surface area contributed by atoms with E-state index in [0.717, 1.165) is 35.5 Å². The highest BCUT2D eigenvalue weighted by Crippen LogP contribution is 2.43. The maximum absolute atomic E-state index is 13.0. The topological polar surface area (TPSA) is 64.6 Å². The molecule has 27 heavy (non-hydrogen) atoms. The van der Waals surface area contributed by atoms with Crippen LogP contribution in [0.3, 0.4) is 0 Å². The number of methoxy groups -OCH3 is 1. The van der Waals surface area contributed by atoms with Crippen molar-refractivity contribution in [1.29, 1.82) is 0 Å². The van der Waals surface area contributed by atoms with E-state index in [-0.39, 0.29) is 5.78 Å². The fourth-order valence-electron chi connectivity index (χ4n) is 3.72. The maximum Gasteiger partial charge on any atom is 0.337 e. The van der Waals surface area contributed by atoms with E-state index in [2.05, 4.69) is 5.32 Å². The number of esters is 1. The Morgan fingerprint density at radius 3 is 2.41 bits per heavy atom. The number of nitrogens with one attached hydrogen (secondary N) is 1. The zero-order valence-electron chi connectivity index (χ0n) is 16.6. The lowest BCUT2D eigenvalue weighted by Gasteiger charge is -2.35. The third kappa shape index (κ3) is 3.92. The Morgan fingerprint density at radius 1 is 1.15 bits per heavy atom. The van der Waals surface area contributed by atoms with Gasteiger partial charge in [0.1, 0.15) is 11.4 Å². The Bertz CT molecular complexity index is 825. The van der Waals surface area contributed by atoms with Gasteiger partial charge in [0.25, 0.3) is 0 Å². The third-order valence-electron chi connectivity index (χ3n) is 4.84. The summed E-state index contributed by atoms with van der Waals surface area (Å²) in [6, 6.07) is 7.54. The van der Waals surface area contributed by atoms with Gasteiger partial charge in [0.2, 0.25) is 0 Å². The summed E-state index contributed by atoms with van der Waals surface area (Å²) in [5.41, 5.74) is 3.15. The minimum absolute atomic E-state index is 0.0955. The molecule has 1 atom stereocenters. The molecule has 1 heterocycles. The summed E-state index contributed by atoms with van der Waals surface area (Å²) in [6.07, 6.45) is 2.15. The van der Waals surface area contributed by atoms with Gasteiger partial charge in [-0.05, 0) is 58.2 Å². The molecule has 0 amide bonds. The van der Waals surface area contributed by atoms with Crippen LogP contribution in [0.1, 0.15) is 58.4 Å². The van der Waals surface area contributed by atoms with Crippen LogP contribution in [-0.2, 0) is 14.3 Å². The van der Waals surface area contributed by atoms with Crippen molar-refractivity contribution in [2.45, 2.75) is 58.5 Å². The molecule has 0 unspecified atom stereocenters. The summed E-state index contributed by atoms with van der Waals surface area (Å²) >= 11 is 0. The van der Waals surface area contributed by atoms with Gasteiger partial charge in [-0.15, -0.1) is 0 Å². The standard InChI is InChI=1S/C22H27NO4/c1-13-18(21(25)27-22(2,3)4)19(14-9-11-15(26-5)12-10-14)20-16(23-13)7-6-8-17(20)24/h9-12,19,23H,6-8H2,1-5H3/t19-/m1/s1. The van der Waals surface area contributed by atoms with Gasteiger partial charge < -0.3 is 14.8 Å². The number of ketones is 1. The van der Waals surface area contributed by atoms with Crippen LogP contribution in [0.5, 0.6) is 5.75 Å². The highest BCUT2D eigenvalue weighted by molar-refractivity contribution is 6.03. The van der Waals surface area contributed by atoms with Crippen LogP contribution in [0.15, 0.2) is 46.8 Å². The summed E-state index contributed by atoms with van der Waals surface area (Å²) in [5.74, 6) is 0.0163. The van der Waals surface area contributed by atoms with Gasteiger partial charge in [-0.1, -0.05) is 12.1 Å². The Hall–Kier alpha value is -2.56. The second kappa shape index (κ2) is 7.22. The predicted octanol–water partition coefficient (Wildman–Crippen LogP) is 4.00. The van der Waals surface area contributed by atoms with E-state index in [0.29, 0.717) is 17.6 Å². The molecular weight excluding hydrogens is 342 g/mol. The molecule has 1 aromatic rings. The summed E-state index contributed by atoms with van der Waals surface area (Å²) in [7, 11) is 1.61. The molecular formula is C22H27NO4. The average Bonchev–Trinajstić information content (AvgIpc) is 2.59. The van der Waals surface area contributed by atoms with Gasteiger partial charge in [0, 0.05) is 29.3 Å². The summed E-state index contributed by atoms with van der Waals surface area (Å²) in [4.78, 5) is 25.8. The number of rotatable bonds is 3. The monoisotopic (exact) mass is 369 g/mol. The Labute approximate surface area is 160 Å². The van der Waals surface area contributed by atoms with Crippen molar-refractivity contribution in [3.8, 4) is 5.75 Å². The minimum Gasteiger partial charge on any atom is -0.497 e. The molecule has 0 saturated carbocycles. The first kappa shape index (κ1) is 19.2. The molecule has 5 nitrogen and oxygen atoms in total. The fraction of sp³-hybridized carbons (Fsp3) is 0.455. The van der Waals surface area contributed by atoms with Crippen molar-refractivity contribution in [3.63, 3.8) is 0 Å². The molecule has 1 aliphatic carbocycles. The highest BCUT2D eigenvalue weighted by atomic mass is 16.6. The summed E-state index contributed by atoms with van der Waals surface area (Å²) < 4.78 is 10.9. The smallest absolute Gasteiger partial charge is 0.337 e. The van der Waals surface area contributed by atoms with E-state index in [1.165, 1.54) is 0 Å². The molecule has 1 aliphatic heterocycles. The van der Waals surface area contributed by atoms with Gasteiger partial charge >= 0.3 is 5.97 Å². The summed E-state index contributed by atoms with van der Waals surface area (Å²) in [5, 5.41) is 3.30. The van der Waals surface area contributed by atoms with Gasteiger partial charge in [-0.2, -0.15) is 0 Å². The number of hydrogen-bond acceptors (Lipinski definition) is 5. The van der Waals surface area contributed by atoms with Crippen LogP contribution in [-0.4, -0.2) is 24.5 Å². The lowest BCUT2D eigenvalue weighted by Crippen LogP contribution is -2.36. The minimum atomic E-state index is -0.611. The molecule has 0 saturated heterocycles. The Kier molecular flexibility index (Phi) is 5.13. The zero-order valence-corrected chi connectivity index (χ0v) is 16.6. The van der Waals surface area contributed by atoms with Gasteiger partial charge in [0.05, 0.1) is 12.7 Å². The number of carbonyl (C=O) groups is 2. The van der Waals surface area contributed by atoms with E-state index in [9.17, 15) is 9.59 Å². The van der Waals surface area contributed by atoms with Crippen molar-refractivity contribution < 1.29 is 19.1 Å². The molecule has 0 spiro atoms. The van der Waals surface area contributed by atoms with Crippen LogP contribution in [0, 0.1) is 0 Å². The third-order valence-corrected chi connectivity index (χ3v) is 4.84. The molecule has 1 aromatic carbocycles. The molecule has 1 N–H and O–H groups in total. The molecule has 0 aromatic heterocycles. The quantitative estimate of drug-likeness (QED) is 0.816. The van der Waals surface area contributed by atoms with Gasteiger partial charge in [0.15, 0.2) is 5.78 Å². The largest absolute Gasteiger partial charge is 0.497 e. The molecule has 5 heteroatoms. The number of benzene rings is 1. The van der Waals surface area contributed by atoms with E-state index in [4.69, 9.17) is 9.47 Å². The second-order valence-corrected chi connectivity index (χ2v) is 8.04. The fourth-order valence-corrected chi connectivity index (χ4v) is 3.72. The van der Waals surface area contributed by atoms with E-state index >= 15 is 0 Å². The van der Waals surface area contributed by atoms with Crippen molar-refractivity contribution in [2.24, 2.45) is 0 Å². The molecule has 3 rings (SSSR count). The average molecular weight is 369 g/mol. The molecule has 0 bridgehead atoms. The number of carbonyl (C=O) groups excluding carboxylic acids is 2. The Balaban J connectivity index is 2.11. The first-order valence-corrected chi connectivity index (χ1v) is 9.32. The number of hydrogen-bond donors (Lipinski definition) is 1. The molecule has 0 fully saturated rings. The van der Waals surface area contributed by atoms with Crippen LogP contribution in [0.25, 0.3) is 0 Å². The van der Waals surface area contributed by atoms with Crippen molar-refractivity contribution in [2.75, 3.05) is 7.11 Å². The second-order valence-electron chi connectivity index (χ2n) is 8.04. The van der Waals surface area contributed by atoms with E-state index in [1.807, 2.05) is 52.0 Å². The number of dihydropyridines is 1. The Morgan fingerprint density at radius 2 is 1.81 bits per heavy atom. The highest BCUT2D eigenvalue weighted by Gasteiger charge is 2.39. The van der Waals surface area contributed by atoms with Crippen LogP contribution < -0.4 is 10.1 Å². The van der Waals surface area contributed by atoms with Crippen LogP contribution >= 0.6 is 0 Å². The van der Waals surface area contributed by atoms with Crippen molar-refractivity contribution in [1.82, 2.24) is 5.32 Å². The van der Waals surface area contributed by atoms with Crippen LogP contribution in [0.4, 0.5) is 0 Å². The number of Topliss-reactive ketones (excluding diaryl/α,β-unsaturated/α-hetero) is 1. The predicted molar refractivity (Wildman–Crippen MR) is 103 cm³/mol. The maximum atomic E-state index is 13.0. The van der Waals surface area contributed by atoms with Gasteiger partial charge in [-0.25, -0.2) is 4.79 Å². The molecule has 0 radical (unpaired) electrons. The van der Waals surface area contributed by atoms with E-state index < -0.39 is 17.5 Å². The molecule has 2 aliphatic rings. The first-order chi connectivity index (χ1) is 12.7. The summed E-state index contributed by atoms with van der Waals surface area (Å²) in [6.45, 7) is 7.40. The molecule has 144 valence electrons. The van der Waals surface area contributed by atoms with Crippen LogP contribution in [0.2, 0.25) is 0 Å². The lowest BCUT2D eigenvalue weighted by molar-refractivity contribution is -0.150. The number of ether oxygens (including phenoxy) is 2. The normalized spacial score (nSPS) is 20.2. The van der Waals surface area contributed by atoms with E-state index in [1.54, 1.807) is 7.11 Å².